The number of aromatic amines is 1. The predicted molar refractivity (Wildman–Crippen MR) is 219 cm³/mol. The maximum absolute atomic E-state index is 15.7. The zero-order valence-electron chi connectivity index (χ0n) is 32.4. The van der Waals surface area contributed by atoms with Crippen molar-refractivity contribution in [3.8, 4) is 16.9 Å². The number of hydrogen-bond acceptors (Lipinski definition) is 8. The number of carbonyl (C=O) groups is 3. The van der Waals surface area contributed by atoms with Gasteiger partial charge < -0.3 is 19.5 Å². The van der Waals surface area contributed by atoms with Crippen LogP contribution in [0.1, 0.15) is 63.9 Å². The summed E-state index contributed by atoms with van der Waals surface area (Å²) in [6, 6.07) is 16.2. The fraction of sp³-hybridized carbons (Fsp3) is 0.318. The van der Waals surface area contributed by atoms with Crippen LogP contribution < -0.4 is 14.4 Å². The van der Waals surface area contributed by atoms with Gasteiger partial charge >= 0.3 is 10.2 Å². The first-order chi connectivity index (χ1) is 28.8. The fourth-order valence-corrected chi connectivity index (χ4v) is 9.92. The third-order valence-electron chi connectivity index (χ3n) is 12.0. The molecule has 9 rings (SSSR count). The maximum Gasteiger partial charge on any atom is 0.301 e. The van der Waals surface area contributed by atoms with Gasteiger partial charge in [0.15, 0.2) is 11.6 Å². The molecule has 1 saturated carbocycles. The highest BCUT2D eigenvalue weighted by molar-refractivity contribution is 7.90. The van der Waals surface area contributed by atoms with E-state index in [1.807, 2.05) is 41.1 Å². The fourth-order valence-electron chi connectivity index (χ4n) is 8.66. The van der Waals surface area contributed by atoms with Crippen molar-refractivity contribution in [3.05, 3.63) is 119 Å². The van der Waals surface area contributed by atoms with E-state index in [-0.39, 0.29) is 36.1 Å². The SMILES string of the molecule is C=C1CCC(N2Cc3cc(N4CC[C@H](COc5ccc(-c6cnc7[nH]cc(C(=O)c8c(F)ccc(NS(=O)(=O)N9CC[C@@H](F)C9)c8F)c7c6)cc5)C4)ccc3C2=O)C(=O)C1. The predicted octanol–water partition coefficient (Wildman–Crippen LogP) is 6.98. The maximum atomic E-state index is 15.7. The molecule has 1 aliphatic carbocycles. The van der Waals surface area contributed by atoms with E-state index in [0.29, 0.717) is 53.9 Å². The number of fused-ring (bicyclic) bond motifs is 2. The highest BCUT2D eigenvalue weighted by atomic mass is 32.2. The number of rotatable bonds is 11. The lowest BCUT2D eigenvalue weighted by molar-refractivity contribution is -0.124. The molecule has 2 aromatic heterocycles. The first kappa shape index (κ1) is 39.5. The number of amides is 1. The number of ether oxygens (including phenoxy) is 1. The molecule has 16 heteroatoms. The summed E-state index contributed by atoms with van der Waals surface area (Å²) in [5.41, 5.74) is 3.59. The first-order valence-corrected chi connectivity index (χ1v) is 21.3. The van der Waals surface area contributed by atoms with Gasteiger partial charge in [-0.15, -0.1) is 0 Å². The minimum atomic E-state index is -4.36. The van der Waals surface area contributed by atoms with Gasteiger partial charge in [-0.3, -0.25) is 19.1 Å². The Morgan fingerprint density at radius 2 is 1.80 bits per heavy atom. The second-order valence-corrected chi connectivity index (χ2v) is 17.6. The molecule has 1 amide bonds. The van der Waals surface area contributed by atoms with Crippen molar-refractivity contribution in [1.29, 1.82) is 0 Å². The third-order valence-corrected chi connectivity index (χ3v) is 13.4. The molecular formula is C44H41F3N6O6S. The van der Waals surface area contributed by atoms with E-state index >= 15 is 8.78 Å². The van der Waals surface area contributed by atoms with Gasteiger partial charge in [-0.2, -0.15) is 12.7 Å². The van der Waals surface area contributed by atoms with E-state index in [9.17, 15) is 27.2 Å². The van der Waals surface area contributed by atoms with Gasteiger partial charge in [0.1, 0.15) is 23.4 Å². The van der Waals surface area contributed by atoms with Crippen LogP contribution in [0.25, 0.3) is 22.2 Å². The summed E-state index contributed by atoms with van der Waals surface area (Å²) < 4.78 is 79.1. The monoisotopic (exact) mass is 838 g/mol. The number of benzene rings is 3. The summed E-state index contributed by atoms with van der Waals surface area (Å²) in [5.74, 6) is -2.69. The van der Waals surface area contributed by atoms with Crippen molar-refractivity contribution in [2.45, 2.75) is 50.9 Å². The van der Waals surface area contributed by atoms with Crippen molar-refractivity contribution in [2.75, 3.05) is 42.4 Å². The minimum absolute atomic E-state index is 0.000742. The molecule has 0 radical (unpaired) electrons. The van der Waals surface area contributed by atoms with Crippen LogP contribution in [-0.4, -0.2) is 90.1 Å². The Kier molecular flexibility index (Phi) is 10.2. The molecule has 2 N–H and O–H groups in total. The molecular weight excluding hydrogens is 798 g/mol. The Balaban J connectivity index is 0.837. The van der Waals surface area contributed by atoms with Crippen molar-refractivity contribution in [3.63, 3.8) is 0 Å². The average Bonchev–Trinajstić information content (AvgIpc) is 4.05. The average molecular weight is 839 g/mol. The van der Waals surface area contributed by atoms with Gasteiger partial charge in [0, 0.05) is 85.2 Å². The lowest BCUT2D eigenvalue weighted by atomic mass is 9.90. The zero-order chi connectivity index (χ0) is 41.9. The van der Waals surface area contributed by atoms with Crippen molar-refractivity contribution in [1.82, 2.24) is 19.2 Å². The quantitative estimate of drug-likeness (QED) is 0.107. The second kappa shape index (κ2) is 15.6. The summed E-state index contributed by atoms with van der Waals surface area (Å²) in [6.45, 7) is 6.01. The highest BCUT2D eigenvalue weighted by Crippen LogP contribution is 2.35. The number of nitrogens with zero attached hydrogens (tertiary/aromatic N) is 4. The Hall–Kier alpha value is -6.00. The molecule has 12 nitrogen and oxygen atoms in total. The van der Waals surface area contributed by atoms with Gasteiger partial charge in [-0.25, -0.2) is 18.2 Å². The molecule has 3 aliphatic heterocycles. The number of allylic oxidation sites excluding steroid dienone is 1. The Morgan fingerprint density at radius 1 is 0.983 bits per heavy atom. The van der Waals surface area contributed by atoms with E-state index in [0.717, 1.165) is 64.8 Å². The van der Waals surface area contributed by atoms with Crippen LogP contribution in [-0.2, 0) is 21.5 Å². The van der Waals surface area contributed by atoms with Crippen LogP contribution in [0.15, 0.2) is 85.2 Å². The summed E-state index contributed by atoms with van der Waals surface area (Å²) in [7, 11) is -4.36. The molecule has 0 spiro atoms. The summed E-state index contributed by atoms with van der Waals surface area (Å²) in [5, 5.41) is 0.303. The summed E-state index contributed by atoms with van der Waals surface area (Å²) in [6.07, 6.45) is 4.18. The molecule has 3 fully saturated rings. The van der Waals surface area contributed by atoms with Gasteiger partial charge in [0.2, 0.25) is 5.78 Å². The smallest absolute Gasteiger partial charge is 0.301 e. The first-order valence-electron chi connectivity index (χ1n) is 19.9. The number of alkyl halides is 1. The molecule has 1 unspecified atom stereocenters. The van der Waals surface area contributed by atoms with E-state index in [1.165, 1.54) is 6.20 Å². The van der Waals surface area contributed by atoms with Gasteiger partial charge in [-0.1, -0.05) is 24.3 Å². The number of Topliss-reactive ketones (excluding diaryl/α,β-unsaturated/α-hetero) is 1. The summed E-state index contributed by atoms with van der Waals surface area (Å²) in [4.78, 5) is 50.9. The topological polar surface area (TPSA) is 145 Å². The van der Waals surface area contributed by atoms with Gasteiger partial charge in [-0.05, 0) is 85.3 Å². The minimum Gasteiger partial charge on any atom is -0.493 e. The van der Waals surface area contributed by atoms with Crippen LogP contribution in [0.5, 0.6) is 5.75 Å². The Morgan fingerprint density at radius 3 is 2.57 bits per heavy atom. The molecule has 60 heavy (non-hydrogen) atoms. The van der Waals surface area contributed by atoms with Crippen LogP contribution in [0.2, 0.25) is 0 Å². The molecule has 310 valence electrons. The number of nitrogens with one attached hydrogen (secondary N) is 2. The number of ketones is 2. The van der Waals surface area contributed by atoms with Gasteiger partial charge in [0.25, 0.3) is 5.91 Å². The van der Waals surface area contributed by atoms with Crippen LogP contribution in [0, 0.1) is 17.6 Å². The molecule has 5 aromatic rings. The normalized spacial score (nSPS) is 21.0. The Labute approximate surface area is 344 Å². The highest BCUT2D eigenvalue weighted by Gasteiger charge is 2.38. The Bertz CT molecular complexity index is 2690. The number of carbonyl (C=O) groups excluding carboxylic acids is 3. The number of anilines is 2. The van der Waals surface area contributed by atoms with Crippen LogP contribution in [0.4, 0.5) is 24.5 Å². The molecule has 2 saturated heterocycles. The van der Waals surface area contributed by atoms with Crippen LogP contribution in [0.3, 0.4) is 0 Å². The lowest BCUT2D eigenvalue weighted by Crippen LogP contribution is -2.43. The van der Waals surface area contributed by atoms with E-state index < -0.39 is 57.6 Å². The van der Waals surface area contributed by atoms with Crippen molar-refractivity contribution in [2.24, 2.45) is 5.92 Å². The molecule has 3 atom stereocenters. The molecule has 0 bridgehead atoms. The molecule has 4 aliphatic rings. The summed E-state index contributed by atoms with van der Waals surface area (Å²) >= 11 is 0. The van der Waals surface area contributed by atoms with Gasteiger partial charge in [0.05, 0.1) is 23.9 Å². The number of pyridine rings is 1. The van der Waals surface area contributed by atoms with Crippen molar-refractivity contribution >= 4 is 50.1 Å². The largest absolute Gasteiger partial charge is 0.493 e. The second-order valence-electron chi connectivity index (χ2n) is 15.9. The number of halogens is 3. The third kappa shape index (κ3) is 7.42. The number of hydrogen-bond donors (Lipinski definition) is 2. The van der Waals surface area contributed by atoms with Crippen molar-refractivity contribution < 1.29 is 40.7 Å². The molecule has 3 aromatic carbocycles. The number of H-pyrrole nitrogens is 1. The van der Waals surface area contributed by atoms with E-state index in [4.69, 9.17) is 4.74 Å². The zero-order valence-corrected chi connectivity index (χ0v) is 33.2. The van der Waals surface area contributed by atoms with Crippen LogP contribution >= 0.6 is 0 Å². The van der Waals surface area contributed by atoms with E-state index in [1.54, 1.807) is 17.2 Å². The molecule has 5 heterocycles. The number of aromatic nitrogens is 2. The standard InChI is InChI=1S/C44H41F3N6O6S/c1-25-2-11-38(39(54)16-25)53-22-29-17-31(5-8-33(29)44(53)56)51-14-12-26(21-51)24-59-32-6-3-27(4-7-32)28-18-34-35(20-49-43(34)48-19-28)42(55)40-36(46)9-10-37(41(40)47)50-60(57,58)52-15-13-30(45)23-52/h3-10,17-20,26,30,38,50H,1-2,11-16,21-24H2,(H,48,49)/t26-,30+,38?/m0/s1. The lowest BCUT2D eigenvalue weighted by Gasteiger charge is -2.30. The van der Waals surface area contributed by atoms with E-state index in [2.05, 4.69) is 27.5 Å².